The van der Waals surface area contributed by atoms with E-state index in [4.69, 9.17) is 5.73 Å². The maximum absolute atomic E-state index is 13.1. The van der Waals surface area contributed by atoms with Gasteiger partial charge in [-0.3, -0.25) is 14.9 Å². The highest BCUT2D eigenvalue weighted by Gasteiger charge is 2.18. The molecule has 2 rings (SSSR count). The summed E-state index contributed by atoms with van der Waals surface area (Å²) < 4.78 is 13.1. The summed E-state index contributed by atoms with van der Waals surface area (Å²) in [5, 5.41) is 10.9. The van der Waals surface area contributed by atoms with Gasteiger partial charge in [0.05, 0.1) is 4.92 Å². The number of nitrogens with zero attached hydrogens (tertiary/aromatic N) is 2. The molecule has 0 radical (unpaired) electrons. The molecular weight excluding hydrogens is 289 g/mol. The summed E-state index contributed by atoms with van der Waals surface area (Å²) >= 11 is 0. The number of hydrogen-bond donors (Lipinski definition) is 1. The summed E-state index contributed by atoms with van der Waals surface area (Å²) in [6.07, 6.45) is 0. The molecule has 0 aromatic heterocycles. The smallest absolute Gasteiger partial charge is 0.292 e. The lowest BCUT2D eigenvalue weighted by atomic mass is 10.1. The molecule has 1 amide bonds. The van der Waals surface area contributed by atoms with Crippen LogP contribution in [0.5, 0.6) is 0 Å². The Morgan fingerprint density at radius 3 is 2.68 bits per heavy atom. The topological polar surface area (TPSA) is 89.5 Å². The molecule has 2 aromatic carbocycles. The normalized spacial score (nSPS) is 10.3. The fraction of sp³-hybridized carbons (Fsp3) is 0.133. The lowest BCUT2D eigenvalue weighted by Gasteiger charge is -2.17. The molecule has 0 fully saturated rings. The van der Waals surface area contributed by atoms with Gasteiger partial charge in [0.1, 0.15) is 11.5 Å². The Kier molecular flexibility index (Phi) is 4.36. The van der Waals surface area contributed by atoms with Gasteiger partial charge in [-0.15, -0.1) is 0 Å². The standard InChI is InChI=1S/C15H14FN3O3/c1-18(9-10-3-2-4-12(16)7-10)15(20)11-5-6-13(17)14(8-11)19(21)22/h2-8H,9,17H2,1H3. The molecule has 0 aliphatic carbocycles. The maximum Gasteiger partial charge on any atom is 0.292 e. The minimum Gasteiger partial charge on any atom is -0.393 e. The summed E-state index contributed by atoms with van der Waals surface area (Å²) in [6.45, 7) is 0.189. The zero-order valence-electron chi connectivity index (χ0n) is 11.8. The SMILES string of the molecule is CN(Cc1cccc(F)c1)C(=O)c1ccc(N)c([N+](=O)[O-])c1. The Balaban J connectivity index is 2.20. The second kappa shape index (κ2) is 6.21. The fourth-order valence-corrected chi connectivity index (χ4v) is 2.04. The van der Waals surface area contributed by atoms with E-state index in [0.717, 1.165) is 6.07 Å². The number of halogens is 1. The third kappa shape index (κ3) is 3.38. The van der Waals surface area contributed by atoms with Crippen molar-refractivity contribution in [2.45, 2.75) is 6.54 Å². The average molecular weight is 303 g/mol. The molecule has 6 nitrogen and oxygen atoms in total. The molecule has 0 bridgehead atoms. The molecule has 0 saturated heterocycles. The first-order valence-corrected chi connectivity index (χ1v) is 6.42. The first kappa shape index (κ1) is 15.4. The van der Waals surface area contributed by atoms with Crippen LogP contribution < -0.4 is 5.73 Å². The maximum atomic E-state index is 13.1. The average Bonchev–Trinajstić information content (AvgIpc) is 2.46. The predicted octanol–water partition coefficient (Wildman–Crippen LogP) is 2.59. The zero-order chi connectivity index (χ0) is 16.3. The van der Waals surface area contributed by atoms with Crippen LogP contribution in [0.1, 0.15) is 15.9 Å². The van der Waals surface area contributed by atoms with Crippen LogP contribution >= 0.6 is 0 Å². The molecule has 0 heterocycles. The van der Waals surface area contributed by atoms with Crippen LogP contribution in [-0.4, -0.2) is 22.8 Å². The molecular formula is C15H14FN3O3. The largest absolute Gasteiger partial charge is 0.393 e. The number of hydrogen-bond acceptors (Lipinski definition) is 4. The molecule has 114 valence electrons. The van der Waals surface area contributed by atoms with E-state index in [0.29, 0.717) is 5.56 Å². The van der Waals surface area contributed by atoms with Crippen LogP contribution in [0.2, 0.25) is 0 Å². The van der Waals surface area contributed by atoms with E-state index in [1.54, 1.807) is 12.1 Å². The number of anilines is 1. The summed E-state index contributed by atoms with van der Waals surface area (Å²) in [5.74, 6) is -0.797. The molecule has 0 saturated carbocycles. The van der Waals surface area contributed by atoms with Crippen LogP contribution in [0.25, 0.3) is 0 Å². The third-order valence-electron chi connectivity index (χ3n) is 3.13. The van der Waals surface area contributed by atoms with Crippen molar-refractivity contribution in [1.82, 2.24) is 4.90 Å². The van der Waals surface area contributed by atoms with Crippen LogP contribution in [0.3, 0.4) is 0 Å². The van der Waals surface area contributed by atoms with Gasteiger partial charge in [-0.25, -0.2) is 4.39 Å². The molecule has 2 aromatic rings. The quantitative estimate of drug-likeness (QED) is 0.534. The predicted molar refractivity (Wildman–Crippen MR) is 79.7 cm³/mol. The van der Waals surface area contributed by atoms with Gasteiger partial charge in [-0.2, -0.15) is 0 Å². The van der Waals surface area contributed by atoms with Crippen molar-refractivity contribution in [3.63, 3.8) is 0 Å². The first-order chi connectivity index (χ1) is 10.4. The molecule has 0 spiro atoms. The van der Waals surface area contributed by atoms with Gasteiger partial charge in [0.15, 0.2) is 0 Å². The highest BCUT2D eigenvalue weighted by molar-refractivity contribution is 5.95. The summed E-state index contributed by atoms with van der Waals surface area (Å²) in [4.78, 5) is 23.9. The van der Waals surface area contributed by atoms with Crippen molar-refractivity contribution in [2.24, 2.45) is 0 Å². The van der Waals surface area contributed by atoms with Crippen molar-refractivity contribution < 1.29 is 14.1 Å². The van der Waals surface area contributed by atoms with Crippen LogP contribution in [-0.2, 0) is 6.54 Å². The molecule has 22 heavy (non-hydrogen) atoms. The molecule has 0 unspecified atom stereocenters. The summed E-state index contributed by atoms with van der Waals surface area (Å²) in [5.41, 5.74) is 5.96. The van der Waals surface area contributed by atoms with Crippen LogP contribution in [0.4, 0.5) is 15.8 Å². The van der Waals surface area contributed by atoms with E-state index < -0.39 is 10.8 Å². The van der Waals surface area contributed by atoms with E-state index in [1.807, 2.05) is 0 Å². The lowest BCUT2D eigenvalue weighted by molar-refractivity contribution is -0.383. The highest BCUT2D eigenvalue weighted by atomic mass is 19.1. The van der Waals surface area contributed by atoms with Gasteiger partial charge in [0.2, 0.25) is 0 Å². The van der Waals surface area contributed by atoms with Gasteiger partial charge in [-0.1, -0.05) is 12.1 Å². The molecule has 0 aliphatic rings. The molecule has 2 N–H and O–H groups in total. The molecule has 0 aliphatic heterocycles. The number of rotatable bonds is 4. The van der Waals surface area contributed by atoms with E-state index in [1.165, 1.54) is 36.2 Å². The number of nitrogens with two attached hydrogens (primary N) is 1. The Bertz CT molecular complexity index is 734. The summed E-state index contributed by atoms with van der Waals surface area (Å²) in [7, 11) is 1.54. The highest BCUT2D eigenvalue weighted by Crippen LogP contribution is 2.23. The number of amides is 1. The van der Waals surface area contributed by atoms with Crippen LogP contribution in [0.15, 0.2) is 42.5 Å². The monoisotopic (exact) mass is 303 g/mol. The van der Waals surface area contributed by atoms with Crippen molar-refractivity contribution in [3.05, 3.63) is 69.5 Å². The van der Waals surface area contributed by atoms with Gasteiger partial charge in [0, 0.05) is 25.2 Å². The first-order valence-electron chi connectivity index (χ1n) is 6.42. The number of carbonyl (C=O) groups excluding carboxylic acids is 1. The molecule has 0 atom stereocenters. The molecule has 7 heteroatoms. The Labute approximate surface area is 126 Å². The number of nitrogen functional groups attached to an aromatic ring is 1. The van der Waals surface area contributed by atoms with Crippen molar-refractivity contribution in [1.29, 1.82) is 0 Å². The van der Waals surface area contributed by atoms with E-state index in [-0.39, 0.29) is 29.3 Å². The minimum atomic E-state index is -0.640. The van der Waals surface area contributed by atoms with Gasteiger partial charge in [0.25, 0.3) is 11.6 Å². The number of carbonyl (C=O) groups is 1. The van der Waals surface area contributed by atoms with Gasteiger partial charge >= 0.3 is 0 Å². The van der Waals surface area contributed by atoms with Gasteiger partial charge < -0.3 is 10.6 Å². The van der Waals surface area contributed by atoms with Crippen molar-refractivity contribution in [3.8, 4) is 0 Å². The Morgan fingerprint density at radius 1 is 1.32 bits per heavy atom. The second-order valence-corrected chi connectivity index (χ2v) is 4.82. The minimum absolute atomic E-state index is 0.00525. The lowest BCUT2D eigenvalue weighted by Crippen LogP contribution is -2.26. The second-order valence-electron chi connectivity index (χ2n) is 4.82. The van der Waals surface area contributed by atoms with E-state index >= 15 is 0 Å². The number of benzene rings is 2. The van der Waals surface area contributed by atoms with E-state index in [9.17, 15) is 19.3 Å². The Hall–Kier alpha value is -2.96. The summed E-state index contributed by atoms with van der Waals surface area (Å²) in [6, 6.07) is 9.77. The Morgan fingerprint density at radius 2 is 2.05 bits per heavy atom. The number of nitro benzene ring substituents is 1. The van der Waals surface area contributed by atoms with E-state index in [2.05, 4.69) is 0 Å². The fourth-order valence-electron chi connectivity index (χ4n) is 2.04. The van der Waals surface area contributed by atoms with Crippen molar-refractivity contribution in [2.75, 3.05) is 12.8 Å². The van der Waals surface area contributed by atoms with Gasteiger partial charge in [-0.05, 0) is 29.8 Å². The third-order valence-corrected chi connectivity index (χ3v) is 3.13. The van der Waals surface area contributed by atoms with Crippen LogP contribution in [0, 0.1) is 15.9 Å². The number of nitro groups is 1. The zero-order valence-corrected chi connectivity index (χ0v) is 11.8. The van der Waals surface area contributed by atoms with Crippen molar-refractivity contribution >= 4 is 17.3 Å².